The molecule has 0 aliphatic carbocycles. The molecule has 1 fully saturated rings. The van der Waals surface area contributed by atoms with Crippen LogP contribution in [0.1, 0.15) is 34.6 Å². The molecule has 1 saturated heterocycles. The van der Waals surface area contributed by atoms with Crippen molar-refractivity contribution in [2.45, 2.75) is 36.1 Å². The average Bonchev–Trinajstić information content (AvgIpc) is 3.04. The Hall–Kier alpha value is -2.39. The fourth-order valence-electron chi connectivity index (χ4n) is 3.26. The molecule has 2 amide bonds. The highest BCUT2D eigenvalue weighted by molar-refractivity contribution is 8.01. The van der Waals surface area contributed by atoms with Crippen LogP contribution in [0.15, 0.2) is 24.3 Å². The Morgan fingerprint density at radius 3 is 2.19 bits per heavy atom. The second-order valence-electron chi connectivity index (χ2n) is 6.57. The normalized spacial score (nSPS) is 25.1. The lowest BCUT2D eigenvalue weighted by Crippen LogP contribution is -2.56. The number of thioether (sulfide) groups is 1. The van der Waals surface area contributed by atoms with Crippen molar-refractivity contribution < 1.29 is 29.0 Å². The minimum Gasteiger partial charge on any atom is -0.480 e. The zero-order valence-electron chi connectivity index (χ0n) is 14.4. The molecule has 0 aromatic heterocycles. The van der Waals surface area contributed by atoms with Gasteiger partial charge in [-0.05, 0) is 26.0 Å². The predicted molar refractivity (Wildman–Crippen MR) is 92.8 cm³/mol. The monoisotopic (exact) mass is 378 g/mol. The number of benzene rings is 1. The quantitative estimate of drug-likeness (QED) is 0.582. The van der Waals surface area contributed by atoms with E-state index >= 15 is 0 Å². The number of nitrogens with zero attached hydrogens (tertiary/aromatic N) is 1. The lowest BCUT2D eigenvalue weighted by atomic mass is 10.0. The number of carboxylic acid groups (broad SMARTS) is 1. The minimum absolute atomic E-state index is 0.212. The van der Waals surface area contributed by atoms with Gasteiger partial charge in [0.15, 0.2) is 6.04 Å². The van der Waals surface area contributed by atoms with Crippen molar-refractivity contribution in [3.8, 4) is 0 Å². The molecular weight excluding hydrogens is 360 g/mol. The predicted octanol–water partition coefficient (Wildman–Crippen LogP) is 0.719. The lowest BCUT2D eigenvalue weighted by molar-refractivity contribution is -0.146. The summed E-state index contributed by atoms with van der Waals surface area (Å²) in [5.41, 5.74) is 0.423. The summed E-state index contributed by atoms with van der Waals surface area (Å²) in [6, 6.07) is 4.08. The van der Waals surface area contributed by atoms with E-state index in [1.54, 1.807) is 26.0 Å². The Labute approximate surface area is 153 Å². The molecule has 0 spiro atoms. The molecule has 1 aromatic rings. The molecule has 0 unspecified atom stereocenters. The van der Waals surface area contributed by atoms with Crippen LogP contribution < -0.4 is 5.32 Å². The standard InChI is InChI=1S/C17H18N2O6S/c1-17(2)11(15(22)23)18-12(26-17)10(16(24)25-3)19-13(20)8-6-4-5-7-9(8)14(19)21/h4-7,10-12,18H,1-3H3,(H,22,23)/t10-,11-,12+/m0/s1. The van der Waals surface area contributed by atoms with Gasteiger partial charge in [0.25, 0.3) is 11.8 Å². The first-order chi connectivity index (χ1) is 12.2. The van der Waals surface area contributed by atoms with E-state index in [9.17, 15) is 24.3 Å². The Morgan fingerprint density at radius 1 is 1.23 bits per heavy atom. The number of nitrogens with one attached hydrogen (secondary N) is 1. The highest BCUT2D eigenvalue weighted by atomic mass is 32.2. The van der Waals surface area contributed by atoms with E-state index in [-0.39, 0.29) is 11.1 Å². The minimum atomic E-state index is -1.28. The third-order valence-electron chi connectivity index (χ3n) is 4.54. The molecule has 2 N–H and O–H groups in total. The zero-order chi connectivity index (χ0) is 19.2. The van der Waals surface area contributed by atoms with Crippen molar-refractivity contribution >= 4 is 35.5 Å². The number of carbonyl (C=O) groups excluding carboxylic acids is 3. The number of hydrogen-bond donors (Lipinski definition) is 2. The van der Waals surface area contributed by atoms with Gasteiger partial charge in [0, 0.05) is 4.75 Å². The molecule has 2 heterocycles. The number of aliphatic carboxylic acids is 1. The molecule has 3 atom stereocenters. The summed E-state index contributed by atoms with van der Waals surface area (Å²) >= 11 is 1.19. The summed E-state index contributed by atoms with van der Waals surface area (Å²) in [4.78, 5) is 50.3. The van der Waals surface area contributed by atoms with Crippen molar-refractivity contribution in [3.63, 3.8) is 0 Å². The van der Waals surface area contributed by atoms with Crippen LogP contribution in [0.2, 0.25) is 0 Å². The maximum atomic E-state index is 12.7. The highest BCUT2D eigenvalue weighted by Crippen LogP contribution is 2.41. The topological polar surface area (TPSA) is 113 Å². The van der Waals surface area contributed by atoms with Gasteiger partial charge in [0.2, 0.25) is 0 Å². The van der Waals surface area contributed by atoms with Crippen LogP contribution in [-0.2, 0) is 14.3 Å². The second kappa shape index (κ2) is 6.40. The molecule has 9 heteroatoms. The van der Waals surface area contributed by atoms with Gasteiger partial charge in [0.05, 0.1) is 23.6 Å². The fraction of sp³-hybridized carbons (Fsp3) is 0.412. The Balaban J connectivity index is 1.99. The Bertz CT molecular complexity index is 773. The molecule has 26 heavy (non-hydrogen) atoms. The van der Waals surface area contributed by atoms with Crippen molar-refractivity contribution in [2.75, 3.05) is 7.11 Å². The van der Waals surface area contributed by atoms with Crippen LogP contribution >= 0.6 is 11.8 Å². The first-order valence-corrected chi connectivity index (χ1v) is 8.78. The first-order valence-electron chi connectivity index (χ1n) is 7.90. The number of rotatable bonds is 4. The van der Waals surface area contributed by atoms with Crippen molar-refractivity contribution in [2.24, 2.45) is 0 Å². The van der Waals surface area contributed by atoms with E-state index in [4.69, 9.17) is 4.74 Å². The Morgan fingerprint density at radius 2 is 1.77 bits per heavy atom. The van der Waals surface area contributed by atoms with E-state index in [2.05, 4.69) is 5.32 Å². The second-order valence-corrected chi connectivity index (χ2v) is 8.37. The van der Waals surface area contributed by atoms with E-state index in [0.29, 0.717) is 0 Å². The van der Waals surface area contributed by atoms with Crippen LogP contribution in [0.5, 0.6) is 0 Å². The van der Waals surface area contributed by atoms with E-state index < -0.39 is 46.0 Å². The molecule has 8 nitrogen and oxygen atoms in total. The maximum Gasteiger partial charge on any atom is 0.331 e. The lowest BCUT2D eigenvalue weighted by Gasteiger charge is -2.28. The molecule has 2 aliphatic heterocycles. The van der Waals surface area contributed by atoms with Crippen molar-refractivity contribution in [3.05, 3.63) is 35.4 Å². The molecule has 2 aliphatic rings. The maximum absolute atomic E-state index is 12.7. The van der Waals surface area contributed by atoms with Gasteiger partial charge in [-0.1, -0.05) is 12.1 Å². The van der Waals surface area contributed by atoms with Gasteiger partial charge in [-0.25, -0.2) is 4.79 Å². The Kier molecular flexibility index (Phi) is 4.53. The van der Waals surface area contributed by atoms with Crippen LogP contribution in [-0.4, -0.2) is 63.1 Å². The number of hydrogen-bond acceptors (Lipinski definition) is 7. The molecule has 3 rings (SSSR count). The van der Waals surface area contributed by atoms with Gasteiger partial charge in [-0.15, -0.1) is 11.8 Å². The number of amides is 2. The van der Waals surface area contributed by atoms with Gasteiger partial charge >= 0.3 is 11.9 Å². The molecular formula is C17H18N2O6S. The van der Waals surface area contributed by atoms with Crippen molar-refractivity contribution in [1.82, 2.24) is 10.2 Å². The number of methoxy groups -OCH3 is 1. The van der Waals surface area contributed by atoms with Crippen LogP contribution in [0.25, 0.3) is 0 Å². The molecule has 1 aromatic carbocycles. The van der Waals surface area contributed by atoms with E-state index in [0.717, 1.165) is 12.0 Å². The van der Waals surface area contributed by atoms with Crippen LogP contribution in [0.4, 0.5) is 0 Å². The summed E-state index contributed by atoms with van der Waals surface area (Å²) in [5, 5.41) is 11.5. The van der Waals surface area contributed by atoms with Crippen LogP contribution in [0.3, 0.4) is 0 Å². The number of esters is 1. The average molecular weight is 378 g/mol. The molecule has 0 saturated carbocycles. The van der Waals surface area contributed by atoms with Gasteiger partial charge < -0.3 is 9.84 Å². The van der Waals surface area contributed by atoms with E-state index in [1.807, 2.05) is 0 Å². The van der Waals surface area contributed by atoms with Gasteiger partial charge in [0.1, 0.15) is 6.04 Å². The van der Waals surface area contributed by atoms with Crippen molar-refractivity contribution in [1.29, 1.82) is 0 Å². The number of imide groups is 1. The summed E-state index contributed by atoms with van der Waals surface area (Å²) in [5.74, 6) is -3.05. The van der Waals surface area contributed by atoms with E-state index in [1.165, 1.54) is 23.9 Å². The summed E-state index contributed by atoms with van der Waals surface area (Å²) in [6.07, 6.45) is 0. The smallest absolute Gasteiger partial charge is 0.331 e. The fourth-order valence-corrected chi connectivity index (χ4v) is 4.79. The summed E-state index contributed by atoms with van der Waals surface area (Å²) in [6.45, 7) is 3.44. The zero-order valence-corrected chi connectivity index (χ0v) is 15.2. The number of ether oxygens (including phenoxy) is 1. The highest BCUT2D eigenvalue weighted by Gasteiger charge is 2.54. The third-order valence-corrected chi connectivity index (χ3v) is 6.03. The number of fused-ring (bicyclic) bond motifs is 1. The third kappa shape index (κ3) is 2.77. The largest absolute Gasteiger partial charge is 0.480 e. The summed E-state index contributed by atoms with van der Waals surface area (Å²) in [7, 11) is 1.16. The first kappa shape index (κ1) is 18.4. The van der Waals surface area contributed by atoms with Gasteiger partial charge in [-0.2, -0.15) is 0 Å². The number of carboxylic acids is 1. The SMILES string of the molecule is COC(=O)[C@H]([C@@H]1N[C@@H](C(=O)O)C(C)(C)S1)N1C(=O)c2ccccc2C1=O. The van der Waals surface area contributed by atoms with Gasteiger partial charge in [-0.3, -0.25) is 24.6 Å². The van der Waals surface area contributed by atoms with Crippen LogP contribution in [0, 0.1) is 0 Å². The molecule has 0 bridgehead atoms. The molecule has 138 valence electrons. The summed E-state index contributed by atoms with van der Waals surface area (Å²) < 4.78 is 4.06. The number of carbonyl (C=O) groups is 4. The molecule has 0 radical (unpaired) electrons.